The van der Waals surface area contributed by atoms with E-state index in [0.29, 0.717) is 12.3 Å². The van der Waals surface area contributed by atoms with Crippen molar-refractivity contribution in [2.24, 2.45) is 0 Å². The molecule has 0 bridgehead atoms. The quantitative estimate of drug-likeness (QED) is 0.821. The molecule has 0 aliphatic heterocycles. The van der Waals surface area contributed by atoms with Crippen molar-refractivity contribution >= 4 is 27.3 Å². The fraction of sp³-hybridized carbons (Fsp3) is 0.267. The van der Waals surface area contributed by atoms with Crippen molar-refractivity contribution in [1.82, 2.24) is 9.62 Å². The molecule has 1 heterocycles. The van der Waals surface area contributed by atoms with E-state index < -0.39 is 10.0 Å². The van der Waals surface area contributed by atoms with Crippen molar-refractivity contribution in [2.75, 3.05) is 20.7 Å². The zero-order valence-electron chi connectivity index (χ0n) is 12.9. The minimum absolute atomic E-state index is 0.117. The fourth-order valence-electron chi connectivity index (χ4n) is 1.87. The summed E-state index contributed by atoms with van der Waals surface area (Å²) in [6, 6.07) is 9.84. The second-order valence-electron chi connectivity index (χ2n) is 4.79. The maximum Gasteiger partial charge on any atom is 0.243 e. The lowest BCUT2D eigenvalue weighted by Gasteiger charge is -2.17. The van der Waals surface area contributed by atoms with Crippen LogP contribution in [0.2, 0.25) is 0 Å². The van der Waals surface area contributed by atoms with Crippen LogP contribution in [0.15, 0.2) is 46.7 Å². The molecule has 0 radical (unpaired) electrons. The standard InChI is InChI=1S/C15H18N2O4S2/c1-17(11-15(18)16-10-13-4-3-9-22-13)23(19,20)14-7-5-12(21-2)6-8-14/h3-9H,10-11H2,1-2H3,(H,16,18). The largest absolute Gasteiger partial charge is 0.497 e. The third-order valence-electron chi connectivity index (χ3n) is 3.17. The molecule has 23 heavy (non-hydrogen) atoms. The number of nitrogens with one attached hydrogen (secondary N) is 1. The lowest BCUT2D eigenvalue weighted by molar-refractivity contribution is -0.121. The number of ether oxygens (including phenoxy) is 1. The van der Waals surface area contributed by atoms with Crippen LogP contribution in [0.3, 0.4) is 0 Å². The first-order chi connectivity index (χ1) is 10.9. The molecule has 0 aliphatic rings. The minimum atomic E-state index is -3.71. The van der Waals surface area contributed by atoms with Crippen molar-refractivity contribution in [2.45, 2.75) is 11.4 Å². The predicted molar refractivity (Wildman–Crippen MR) is 89.0 cm³/mol. The predicted octanol–water partition coefficient (Wildman–Crippen LogP) is 1.69. The number of likely N-dealkylation sites (N-methyl/N-ethyl adjacent to an activating group) is 1. The van der Waals surface area contributed by atoms with Gasteiger partial charge in [0.2, 0.25) is 15.9 Å². The zero-order valence-corrected chi connectivity index (χ0v) is 14.5. The van der Waals surface area contributed by atoms with E-state index in [2.05, 4.69) is 5.32 Å². The zero-order chi connectivity index (χ0) is 16.9. The van der Waals surface area contributed by atoms with Crippen LogP contribution < -0.4 is 10.1 Å². The number of rotatable bonds is 7. The van der Waals surface area contributed by atoms with Crippen LogP contribution in [0, 0.1) is 0 Å². The minimum Gasteiger partial charge on any atom is -0.497 e. The van der Waals surface area contributed by atoms with Crippen molar-refractivity contribution in [1.29, 1.82) is 0 Å². The van der Waals surface area contributed by atoms with E-state index in [4.69, 9.17) is 4.74 Å². The Morgan fingerprint density at radius 3 is 2.52 bits per heavy atom. The fourth-order valence-corrected chi connectivity index (χ4v) is 3.64. The van der Waals surface area contributed by atoms with Gasteiger partial charge in [0, 0.05) is 11.9 Å². The highest BCUT2D eigenvalue weighted by atomic mass is 32.2. The molecular formula is C15H18N2O4S2. The van der Waals surface area contributed by atoms with Gasteiger partial charge >= 0.3 is 0 Å². The number of sulfonamides is 1. The van der Waals surface area contributed by atoms with E-state index in [-0.39, 0.29) is 17.3 Å². The topological polar surface area (TPSA) is 75.7 Å². The second-order valence-corrected chi connectivity index (χ2v) is 7.87. The van der Waals surface area contributed by atoms with Crippen LogP contribution >= 0.6 is 11.3 Å². The number of amides is 1. The van der Waals surface area contributed by atoms with Crippen molar-refractivity contribution in [3.8, 4) is 5.75 Å². The third kappa shape index (κ3) is 4.54. The van der Waals surface area contributed by atoms with E-state index in [9.17, 15) is 13.2 Å². The molecule has 0 unspecified atom stereocenters. The normalized spacial score (nSPS) is 11.4. The van der Waals surface area contributed by atoms with Gasteiger partial charge in [0.25, 0.3) is 0 Å². The number of nitrogens with zero attached hydrogens (tertiary/aromatic N) is 1. The van der Waals surface area contributed by atoms with Gasteiger partial charge in [-0.25, -0.2) is 8.42 Å². The van der Waals surface area contributed by atoms with E-state index in [0.717, 1.165) is 9.18 Å². The molecule has 0 spiro atoms. The average molecular weight is 354 g/mol. The number of hydrogen-bond donors (Lipinski definition) is 1. The molecule has 0 fully saturated rings. The van der Waals surface area contributed by atoms with Gasteiger partial charge in [-0.2, -0.15) is 4.31 Å². The van der Waals surface area contributed by atoms with Crippen LogP contribution in [0.4, 0.5) is 0 Å². The number of carbonyl (C=O) groups excluding carboxylic acids is 1. The highest BCUT2D eigenvalue weighted by Crippen LogP contribution is 2.18. The van der Waals surface area contributed by atoms with Gasteiger partial charge in [-0.3, -0.25) is 4.79 Å². The number of methoxy groups -OCH3 is 1. The third-order valence-corrected chi connectivity index (χ3v) is 5.87. The van der Waals surface area contributed by atoms with E-state index in [1.807, 2.05) is 17.5 Å². The van der Waals surface area contributed by atoms with Crippen LogP contribution in [0.5, 0.6) is 5.75 Å². The van der Waals surface area contributed by atoms with Crippen molar-refractivity contribution < 1.29 is 17.9 Å². The summed E-state index contributed by atoms with van der Waals surface area (Å²) in [6.45, 7) is 0.159. The SMILES string of the molecule is COc1ccc(S(=O)(=O)N(C)CC(=O)NCc2cccs2)cc1. The molecule has 8 heteroatoms. The average Bonchev–Trinajstić information content (AvgIpc) is 3.06. The molecule has 6 nitrogen and oxygen atoms in total. The van der Waals surface area contributed by atoms with Gasteiger partial charge in [-0.1, -0.05) is 6.07 Å². The Morgan fingerprint density at radius 1 is 1.26 bits per heavy atom. The summed E-state index contributed by atoms with van der Waals surface area (Å²) in [4.78, 5) is 13.0. The van der Waals surface area contributed by atoms with Crippen molar-refractivity contribution in [3.63, 3.8) is 0 Å². The monoisotopic (exact) mass is 354 g/mol. The highest BCUT2D eigenvalue weighted by Gasteiger charge is 2.22. The summed E-state index contributed by atoms with van der Waals surface area (Å²) >= 11 is 1.53. The van der Waals surface area contributed by atoms with E-state index >= 15 is 0 Å². The first-order valence-corrected chi connectivity index (χ1v) is 9.15. The van der Waals surface area contributed by atoms with Crippen LogP contribution in [-0.2, 0) is 21.4 Å². The molecule has 124 valence electrons. The molecule has 0 atom stereocenters. The molecule has 0 saturated carbocycles. The first kappa shape index (κ1) is 17.5. The summed E-state index contributed by atoms with van der Waals surface area (Å²) < 4.78 is 30.8. The van der Waals surface area contributed by atoms with Crippen molar-refractivity contribution in [3.05, 3.63) is 46.7 Å². The molecule has 2 aromatic rings. The molecule has 1 N–H and O–H groups in total. The Hall–Kier alpha value is -1.90. The molecule has 2 rings (SSSR count). The number of hydrogen-bond acceptors (Lipinski definition) is 5. The summed E-state index contributed by atoms with van der Waals surface area (Å²) in [5.41, 5.74) is 0. The summed E-state index contributed by atoms with van der Waals surface area (Å²) in [7, 11) is -0.825. The highest BCUT2D eigenvalue weighted by molar-refractivity contribution is 7.89. The molecular weight excluding hydrogens is 336 g/mol. The lowest BCUT2D eigenvalue weighted by Crippen LogP contribution is -2.38. The molecule has 1 aromatic heterocycles. The summed E-state index contributed by atoms with van der Waals surface area (Å²) in [5, 5.41) is 4.62. The number of carbonyl (C=O) groups is 1. The van der Waals surface area contributed by atoms with Gasteiger partial charge < -0.3 is 10.1 Å². The van der Waals surface area contributed by atoms with Crippen LogP contribution in [0.1, 0.15) is 4.88 Å². The second kappa shape index (κ2) is 7.58. The van der Waals surface area contributed by atoms with Gasteiger partial charge in [0.05, 0.1) is 25.1 Å². The van der Waals surface area contributed by atoms with Gasteiger partial charge in [-0.15, -0.1) is 11.3 Å². The molecule has 0 aliphatic carbocycles. The van der Waals surface area contributed by atoms with E-state index in [1.54, 1.807) is 12.1 Å². The van der Waals surface area contributed by atoms with Gasteiger partial charge in [-0.05, 0) is 35.7 Å². The molecule has 1 amide bonds. The Labute approximate surface area is 139 Å². The van der Waals surface area contributed by atoms with Gasteiger partial charge in [0.1, 0.15) is 5.75 Å². The summed E-state index contributed by atoms with van der Waals surface area (Å²) in [6.07, 6.45) is 0. The molecule has 0 saturated heterocycles. The number of benzene rings is 1. The van der Waals surface area contributed by atoms with Crippen LogP contribution in [-0.4, -0.2) is 39.3 Å². The lowest BCUT2D eigenvalue weighted by atomic mass is 10.3. The maximum absolute atomic E-state index is 12.4. The Balaban J connectivity index is 1.97. The van der Waals surface area contributed by atoms with Crippen LogP contribution in [0.25, 0.3) is 0 Å². The molecule has 1 aromatic carbocycles. The maximum atomic E-state index is 12.4. The Morgan fingerprint density at radius 2 is 1.96 bits per heavy atom. The smallest absolute Gasteiger partial charge is 0.243 e. The Kier molecular flexibility index (Phi) is 5.75. The van der Waals surface area contributed by atoms with Gasteiger partial charge in [0.15, 0.2) is 0 Å². The first-order valence-electron chi connectivity index (χ1n) is 6.83. The number of thiophene rings is 1. The Bertz CT molecular complexity index is 740. The van der Waals surface area contributed by atoms with E-state index in [1.165, 1.54) is 37.6 Å². The summed E-state index contributed by atoms with van der Waals surface area (Å²) in [5.74, 6) is 0.221.